The van der Waals surface area contributed by atoms with Gasteiger partial charge >= 0.3 is 6.03 Å². The molecule has 0 unspecified atom stereocenters. The number of hydrogen-bond acceptors (Lipinski definition) is 3. The molecule has 0 bridgehead atoms. The predicted molar refractivity (Wildman–Crippen MR) is 101 cm³/mol. The summed E-state index contributed by atoms with van der Waals surface area (Å²) in [6.07, 6.45) is 0. The summed E-state index contributed by atoms with van der Waals surface area (Å²) >= 11 is 3.40. The number of nitrogens with one attached hydrogen (secondary N) is 1. The van der Waals surface area contributed by atoms with Gasteiger partial charge in [-0.05, 0) is 29.8 Å². The maximum Gasteiger partial charge on any atom is 0.322 e. The van der Waals surface area contributed by atoms with Crippen LogP contribution in [0.25, 0.3) is 0 Å². The minimum absolute atomic E-state index is 0.0304. The number of hydrogen-bond donors (Lipinski definition) is 2. The van der Waals surface area contributed by atoms with Crippen LogP contribution in [0.5, 0.6) is 5.75 Å². The van der Waals surface area contributed by atoms with Crippen LogP contribution in [0.3, 0.4) is 0 Å². The Morgan fingerprint density at radius 2 is 1.81 bits per heavy atom. The first kappa shape index (κ1) is 16.7. The van der Waals surface area contributed by atoms with Crippen molar-refractivity contribution in [1.29, 1.82) is 0 Å². The van der Waals surface area contributed by atoms with E-state index in [1.807, 2.05) is 24.3 Å². The second-order valence-electron chi connectivity index (χ2n) is 6.23. The number of rotatable bonds is 2. The summed E-state index contributed by atoms with van der Waals surface area (Å²) in [5.74, 6) is -0.191. The van der Waals surface area contributed by atoms with Crippen LogP contribution in [0, 0.1) is 0 Å². The molecule has 0 fully saturated rings. The molecule has 2 aromatic rings. The summed E-state index contributed by atoms with van der Waals surface area (Å²) in [5, 5.41) is 13.0. The lowest BCUT2D eigenvalue weighted by Crippen LogP contribution is -2.45. The van der Waals surface area contributed by atoms with Crippen molar-refractivity contribution in [3.8, 4) is 5.75 Å². The predicted octanol–water partition coefficient (Wildman–Crippen LogP) is 3.15. The molecule has 0 saturated heterocycles. The molecule has 0 aromatic heterocycles. The molecule has 26 heavy (non-hydrogen) atoms. The van der Waals surface area contributed by atoms with Gasteiger partial charge in [0, 0.05) is 11.5 Å². The van der Waals surface area contributed by atoms with E-state index >= 15 is 0 Å². The summed E-state index contributed by atoms with van der Waals surface area (Å²) < 4.78 is 0.920. The molecule has 132 valence electrons. The smallest absolute Gasteiger partial charge is 0.322 e. The standard InChI is InChI=1S/C19H16BrN3O3/c1-22-14-10-23(13-4-2-3-5-15(13)24)18(25)16(14)17(21-19(22)26)11-6-8-12(20)9-7-11/h2-9,17,24H,10H2,1H3,(H,21,26)/t17-/m0/s1. The van der Waals surface area contributed by atoms with Crippen LogP contribution < -0.4 is 10.2 Å². The SMILES string of the molecule is CN1C(=O)N[C@@H](c2ccc(Br)cc2)C2=C1CN(c1ccccc1O)C2=O. The minimum Gasteiger partial charge on any atom is -0.506 e. The molecular weight excluding hydrogens is 398 g/mol. The molecule has 2 heterocycles. The Balaban J connectivity index is 1.78. The number of carbonyl (C=O) groups excluding carboxylic acids is 2. The Morgan fingerprint density at radius 1 is 1.12 bits per heavy atom. The number of likely N-dealkylation sites (N-methyl/N-ethyl adjacent to an activating group) is 1. The Labute approximate surface area is 158 Å². The van der Waals surface area contributed by atoms with Gasteiger partial charge in [-0.25, -0.2) is 4.79 Å². The van der Waals surface area contributed by atoms with Crippen LogP contribution in [0.15, 0.2) is 64.3 Å². The number of carbonyl (C=O) groups is 2. The Morgan fingerprint density at radius 3 is 2.50 bits per heavy atom. The Bertz CT molecular complexity index is 939. The molecule has 0 spiro atoms. The van der Waals surface area contributed by atoms with Gasteiger partial charge in [0.05, 0.1) is 29.5 Å². The highest BCUT2D eigenvalue weighted by molar-refractivity contribution is 9.10. The van der Waals surface area contributed by atoms with Crippen molar-refractivity contribution in [2.45, 2.75) is 6.04 Å². The molecule has 0 aliphatic carbocycles. The third-order valence-electron chi connectivity index (χ3n) is 4.74. The highest BCUT2D eigenvalue weighted by atomic mass is 79.9. The van der Waals surface area contributed by atoms with E-state index in [1.165, 1.54) is 9.80 Å². The van der Waals surface area contributed by atoms with E-state index in [2.05, 4.69) is 21.2 Å². The van der Waals surface area contributed by atoms with Gasteiger partial charge < -0.3 is 10.4 Å². The number of para-hydroxylation sites is 2. The second-order valence-corrected chi connectivity index (χ2v) is 7.15. The van der Waals surface area contributed by atoms with Gasteiger partial charge in [0.1, 0.15) is 5.75 Å². The zero-order valence-electron chi connectivity index (χ0n) is 13.9. The number of urea groups is 1. The number of anilines is 1. The fraction of sp³-hybridized carbons (Fsp3) is 0.158. The van der Waals surface area contributed by atoms with E-state index in [0.29, 0.717) is 17.0 Å². The summed E-state index contributed by atoms with van der Waals surface area (Å²) in [7, 11) is 1.64. The van der Waals surface area contributed by atoms with Gasteiger partial charge in [-0.1, -0.05) is 40.2 Å². The van der Waals surface area contributed by atoms with E-state index in [4.69, 9.17) is 0 Å². The zero-order valence-corrected chi connectivity index (χ0v) is 15.5. The lowest BCUT2D eigenvalue weighted by Gasteiger charge is -2.31. The van der Waals surface area contributed by atoms with Gasteiger partial charge in [0.25, 0.3) is 5.91 Å². The van der Waals surface area contributed by atoms with Gasteiger partial charge in [0.2, 0.25) is 0 Å². The fourth-order valence-corrected chi connectivity index (χ4v) is 3.62. The molecule has 2 aliphatic rings. The average Bonchev–Trinajstić information content (AvgIpc) is 2.97. The van der Waals surface area contributed by atoms with Crippen LogP contribution >= 0.6 is 15.9 Å². The molecule has 2 aromatic carbocycles. The van der Waals surface area contributed by atoms with Crippen molar-refractivity contribution in [1.82, 2.24) is 10.2 Å². The molecule has 0 saturated carbocycles. The molecular formula is C19H16BrN3O3. The minimum atomic E-state index is -0.523. The molecule has 7 heteroatoms. The van der Waals surface area contributed by atoms with Crippen molar-refractivity contribution in [2.75, 3.05) is 18.5 Å². The van der Waals surface area contributed by atoms with Crippen LogP contribution in [0.1, 0.15) is 11.6 Å². The highest BCUT2D eigenvalue weighted by Gasteiger charge is 2.43. The van der Waals surface area contributed by atoms with Gasteiger partial charge in [-0.15, -0.1) is 0 Å². The Kier molecular flexibility index (Phi) is 3.96. The second kappa shape index (κ2) is 6.17. The summed E-state index contributed by atoms with van der Waals surface area (Å²) in [6.45, 7) is 0.239. The number of benzene rings is 2. The maximum absolute atomic E-state index is 13.2. The van der Waals surface area contributed by atoms with E-state index in [0.717, 1.165) is 10.0 Å². The summed E-state index contributed by atoms with van der Waals surface area (Å²) in [6, 6.07) is 13.4. The maximum atomic E-state index is 13.2. The van der Waals surface area contributed by atoms with Crippen LogP contribution in [0.2, 0.25) is 0 Å². The largest absolute Gasteiger partial charge is 0.506 e. The molecule has 4 rings (SSSR count). The number of nitrogens with zero attached hydrogens (tertiary/aromatic N) is 2. The highest BCUT2D eigenvalue weighted by Crippen LogP contribution is 2.39. The Hall–Kier alpha value is -2.80. The van der Waals surface area contributed by atoms with Crippen molar-refractivity contribution in [2.24, 2.45) is 0 Å². The number of phenolic OH excluding ortho intramolecular Hbond substituents is 1. The van der Waals surface area contributed by atoms with Crippen LogP contribution in [-0.4, -0.2) is 35.5 Å². The average molecular weight is 414 g/mol. The molecule has 2 aliphatic heterocycles. The van der Waals surface area contributed by atoms with E-state index in [9.17, 15) is 14.7 Å². The first-order chi connectivity index (χ1) is 12.5. The van der Waals surface area contributed by atoms with E-state index < -0.39 is 6.04 Å². The topological polar surface area (TPSA) is 72.9 Å². The molecule has 0 radical (unpaired) electrons. The van der Waals surface area contributed by atoms with Crippen LogP contribution in [-0.2, 0) is 4.79 Å². The number of halogens is 1. The third kappa shape index (κ3) is 2.55. The number of aromatic hydroxyl groups is 1. The number of amides is 3. The van der Waals surface area contributed by atoms with E-state index in [1.54, 1.807) is 31.3 Å². The van der Waals surface area contributed by atoms with Crippen molar-refractivity contribution >= 4 is 33.6 Å². The first-order valence-electron chi connectivity index (χ1n) is 8.10. The summed E-state index contributed by atoms with van der Waals surface area (Å²) in [4.78, 5) is 28.5. The van der Waals surface area contributed by atoms with E-state index in [-0.39, 0.29) is 24.2 Å². The van der Waals surface area contributed by atoms with Gasteiger partial charge in [-0.3, -0.25) is 14.6 Å². The lowest BCUT2D eigenvalue weighted by atomic mass is 9.96. The molecule has 2 N–H and O–H groups in total. The van der Waals surface area contributed by atoms with Crippen molar-refractivity contribution in [3.05, 3.63) is 69.8 Å². The van der Waals surface area contributed by atoms with Crippen molar-refractivity contribution in [3.63, 3.8) is 0 Å². The summed E-state index contributed by atoms with van der Waals surface area (Å²) in [5.41, 5.74) is 2.43. The zero-order chi connectivity index (χ0) is 18.4. The molecule has 1 atom stereocenters. The van der Waals surface area contributed by atoms with Gasteiger partial charge in [-0.2, -0.15) is 0 Å². The molecule has 6 nitrogen and oxygen atoms in total. The normalized spacial score (nSPS) is 19.7. The molecule has 3 amide bonds. The van der Waals surface area contributed by atoms with Gasteiger partial charge in [0.15, 0.2) is 0 Å². The lowest BCUT2D eigenvalue weighted by molar-refractivity contribution is -0.114. The quantitative estimate of drug-likeness (QED) is 0.793. The monoisotopic (exact) mass is 413 g/mol. The fourth-order valence-electron chi connectivity index (χ4n) is 3.36. The third-order valence-corrected chi connectivity index (χ3v) is 5.26. The first-order valence-corrected chi connectivity index (χ1v) is 8.89. The number of phenols is 1. The van der Waals surface area contributed by atoms with Crippen LogP contribution in [0.4, 0.5) is 10.5 Å². The van der Waals surface area contributed by atoms with Crippen molar-refractivity contribution < 1.29 is 14.7 Å².